The summed E-state index contributed by atoms with van der Waals surface area (Å²) in [4.78, 5) is 0. The number of benzene rings is 1. The Morgan fingerprint density at radius 2 is 1.95 bits per heavy atom. The van der Waals surface area contributed by atoms with E-state index in [1.807, 2.05) is 26.0 Å². The van der Waals surface area contributed by atoms with Gasteiger partial charge in [0.15, 0.2) is 0 Å². The Kier molecular flexibility index (Phi) is 4.56. The molecule has 3 heteroatoms. The van der Waals surface area contributed by atoms with Crippen LogP contribution in [0.15, 0.2) is 18.2 Å². The van der Waals surface area contributed by atoms with E-state index in [1.165, 1.54) is 25.7 Å². The van der Waals surface area contributed by atoms with Crippen LogP contribution in [0.4, 0.5) is 11.4 Å². The maximum absolute atomic E-state index is 5.95. The summed E-state index contributed by atoms with van der Waals surface area (Å²) in [7, 11) is 0. The summed E-state index contributed by atoms with van der Waals surface area (Å²) in [6.07, 6.45) is 5.41. The van der Waals surface area contributed by atoms with E-state index in [9.17, 15) is 0 Å². The van der Waals surface area contributed by atoms with Crippen LogP contribution in [0.2, 0.25) is 0 Å². The van der Waals surface area contributed by atoms with Crippen molar-refractivity contribution in [2.24, 2.45) is 5.92 Å². The molecular formula is C16H26N2O. The smallest absolute Gasteiger partial charge is 0.123 e. The van der Waals surface area contributed by atoms with Crippen LogP contribution in [0.25, 0.3) is 0 Å². The minimum atomic E-state index is 0.170. The molecule has 106 valence electrons. The highest BCUT2D eigenvalue weighted by Crippen LogP contribution is 2.29. The highest BCUT2D eigenvalue weighted by atomic mass is 16.5. The summed E-state index contributed by atoms with van der Waals surface area (Å²) < 4.78 is 5.73. The van der Waals surface area contributed by atoms with Gasteiger partial charge in [0.2, 0.25) is 0 Å². The first-order valence-electron chi connectivity index (χ1n) is 7.38. The molecule has 2 atom stereocenters. The van der Waals surface area contributed by atoms with Gasteiger partial charge in [-0.05, 0) is 38.7 Å². The molecule has 19 heavy (non-hydrogen) atoms. The highest BCUT2D eigenvalue weighted by molar-refractivity contribution is 5.59. The molecular weight excluding hydrogens is 236 g/mol. The second-order valence-electron chi connectivity index (χ2n) is 5.97. The van der Waals surface area contributed by atoms with Gasteiger partial charge in [-0.25, -0.2) is 0 Å². The van der Waals surface area contributed by atoms with Gasteiger partial charge in [0.25, 0.3) is 0 Å². The van der Waals surface area contributed by atoms with Crippen molar-refractivity contribution in [3.63, 3.8) is 0 Å². The predicted octanol–water partition coefficient (Wildman–Crippen LogP) is 4.05. The van der Waals surface area contributed by atoms with Gasteiger partial charge in [-0.1, -0.05) is 19.8 Å². The highest BCUT2D eigenvalue weighted by Gasteiger charge is 2.21. The van der Waals surface area contributed by atoms with E-state index < -0.39 is 0 Å². The topological polar surface area (TPSA) is 47.3 Å². The number of nitrogen functional groups attached to an aromatic ring is 1. The first kappa shape index (κ1) is 14.0. The summed E-state index contributed by atoms with van der Waals surface area (Å²) >= 11 is 0. The molecule has 0 aromatic heterocycles. The molecule has 1 saturated carbocycles. The maximum Gasteiger partial charge on any atom is 0.123 e. The number of ether oxygens (including phenoxy) is 1. The van der Waals surface area contributed by atoms with Crippen LogP contribution in [-0.4, -0.2) is 12.1 Å². The molecule has 0 heterocycles. The van der Waals surface area contributed by atoms with E-state index in [0.717, 1.165) is 23.0 Å². The minimum Gasteiger partial charge on any atom is -0.491 e. The van der Waals surface area contributed by atoms with Crippen LogP contribution in [0.5, 0.6) is 5.75 Å². The third kappa shape index (κ3) is 4.05. The van der Waals surface area contributed by atoms with Gasteiger partial charge in [0, 0.05) is 29.5 Å². The molecule has 2 rings (SSSR count). The summed E-state index contributed by atoms with van der Waals surface area (Å²) in [5.41, 5.74) is 7.79. The number of anilines is 2. The molecule has 0 aliphatic heterocycles. The molecule has 2 unspecified atom stereocenters. The third-order valence-corrected chi connectivity index (χ3v) is 3.76. The quantitative estimate of drug-likeness (QED) is 0.805. The van der Waals surface area contributed by atoms with Crippen molar-refractivity contribution in [1.29, 1.82) is 0 Å². The number of nitrogens with one attached hydrogen (secondary N) is 1. The largest absolute Gasteiger partial charge is 0.491 e. The standard InChI is InChI=1S/C16H26N2O/c1-11(2)19-15-9-13(17)8-14(10-15)18-16-7-5-4-6-12(16)3/h8-12,16,18H,4-7,17H2,1-3H3. The molecule has 0 spiro atoms. The van der Waals surface area contributed by atoms with Crippen molar-refractivity contribution in [2.75, 3.05) is 11.1 Å². The summed E-state index contributed by atoms with van der Waals surface area (Å²) in [5, 5.41) is 3.63. The molecule has 3 nitrogen and oxygen atoms in total. The number of hydrogen-bond acceptors (Lipinski definition) is 3. The normalized spacial score (nSPS) is 23.4. The van der Waals surface area contributed by atoms with E-state index in [2.05, 4.69) is 18.3 Å². The van der Waals surface area contributed by atoms with Crippen molar-refractivity contribution in [1.82, 2.24) is 0 Å². The predicted molar refractivity (Wildman–Crippen MR) is 81.7 cm³/mol. The molecule has 1 fully saturated rings. The Morgan fingerprint density at radius 3 is 2.63 bits per heavy atom. The van der Waals surface area contributed by atoms with Gasteiger partial charge < -0.3 is 15.8 Å². The zero-order valence-corrected chi connectivity index (χ0v) is 12.3. The average Bonchev–Trinajstić information content (AvgIpc) is 2.30. The zero-order valence-electron chi connectivity index (χ0n) is 12.3. The Balaban J connectivity index is 2.08. The van der Waals surface area contributed by atoms with E-state index in [0.29, 0.717) is 6.04 Å². The van der Waals surface area contributed by atoms with Crippen molar-refractivity contribution in [3.8, 4) is 5.75 Å². The van der Waals surface area contributed by atoms with E-state index in [4.69, 9.17) is 10.5 Å². The molecule has 3 N–H and O–H groups in total. The molecule has 1 aromatic carbocycles. The van der Waals surface area contributed by atoms with Crippen LogP contribution in [0.1, 0.15) is 46.5 Å². The van der Waals surface area contributed by atoms with Crippen LogP contribution in [0, 0.1) is 5.92 Å². The Labute approximate surface area is 116 Å². The SMILES string of the molecule is CC(C)Oc1cc(N)cc(NC2CCCCC2C)c1. The van der Waals surface area contributed by atoms with Crippen LogP contribution in [-0.2, 0) is 0 Å². The van der Waals surface area contributed by atoms with Crippen LogP contribution in [0.3, 0.4) is 0 Å². The lowest BCUT2D eigenvalue weighted by atomic mass is 9.86. The lowest BCUT2D eigenvalue weighted by molar-refractivity contribution is 0.242. The zero-order chi connectivity index (χ0) is 13.8. The fourth-order valence-electron chi connectivity index (χ4n) is 2.79. The van der Waals surface area contributed by atoms with E-state index in [1.54, 1.807) is 0 Å². The van der Waals surface area contributed by atoms with Crippen LogP contribution < -0.4 is 15.8 Å². The first-order chi connectivity index (χ1) is 9.04. The number of rotatable bonds is 4. The summed E-state index contributed by atoms with van der Waals surface area (Å²) in [6, 6.07) is 6.49. The third-order valence-electron chi connectivity index (χ3n) is 3.76. The fourth-order valence-corrected chi connectivity index (χ4v) is 2.79. The summed E-state index contributed by atoms with van der Waals surface area (Å²) in [5.74, 6) is 1.57. The monoisotopic (exact) mass is 262 g/mol. The second kappa shape index (κ2) is 6.18. The van der Waals surface area contributed by atoms with E-state index in [-0.39, 0.29) is 6.10 Å². The molecule has 0 radical (unpaired) electrons. The lowest BCUT2D eigenvalue weighted by Gasteiger charge is -2.30. The van der Waals surface area contributed by atoms with Gasteiger partial charge in [0.1, 0.15) is 5.75 Å². The number of hydrogen-bond donors (Lipinski definition) is 2. The Bertz CT molecular complexity index is 417. The summed E-state index contributed by atoms with van der Waals surface area (Å²) in [6.45, 7) is 6.38. The van der Waals surface area contributed by atoms with Gasteiger partial charge in [-0.3, -0.25) is 0 Å². The maximum atomic E-state index is 5.95. The number of nitrogens with two attached hydrogens (primary N) is 1. The molecule has 0 amide bonds. The van der Waals surface area contributed by atoms with Crippen molar-refractivity contribution in [2.45, 2.75) is 58.6 Å². The molecule has 1 aromatic rings. The Morgan fingerprint density at radius 1 is 1.21 bits per heavy atom. The van der Waals surface area contributed by atoms with Crippen molar-refractivity contribution >= 4 is 11.4 Å². The van der Waals surface area contributed by atoms with Crippen LogP contribution >= 0.6 is 0 Å². The van der Waals surface area contributed by atoms with Gasteiger partial charge in [-0.2, -0.15) is 0 Å². The Hall–Kier alpha value is -1.38. The minimum absolute atomic E-state index is 0.170. The second-order valence-corrected chi connectivity index (χ2v) is 5.97. The first-order valence-corrected chi connectivity index (χ1v) is 7.38. The molecule has 0 saturated heterocycles. The molecule has 1 aliphatic rings. The lowest BCUT2D eigenvalue weighted by Crippen LogP contribution is -2.30. The molecule has 0 bridgehead atoms. The van der Waals surface area contributed by atoms with Crippen molar-refractivity contribution in [3.05, 3.63) is 18.2 Å². The molecule has 1 aliphatic carbocycles. The van der Waals surface area contributed by atoms with Crippen molar-refractivity contribution < 1.29 is 4.74 Å². The van der Waals surface area contributed by atoms with Gasteiger partial charge in [-0.15, -0.1) is 0 Å². The van der Waals surface area contributed by atoms with Gasteiger partial charge >= 0.3 is 0 Å². The average molecular weight is 262 g/mol. The van der Waals surface area contributed by atoms with Gasteiger partial charge in [0.05, 0.1) is 6.10 Å². The fraction of sp³-hybridized carbons (Fsp3) is 0.625. The van der Waals surface area contributed by atoms with E-state index >= 15 is 0 Å².